The van der Waals surface area contributed by atoms with Crippen molar-refractivity contribution in [1.29, 1.82) is 0 Å². The second-order valence-corrected chi connectivity index (χ2v) is 4.82. The number of hydrogen-bond acceptors (Lipinski definition) is 4. The number of nitrogens with one attached hydrogen (secondary N) is 1. The molecule has 0 saturated heterocycles. The number of carboxylic acid groups (broad SMARTS) is 1. The summed E-state index contributed by atoms with van der Waals surface area (Å²) >= 11 is 6.01. The Bertz CT molecular complexity index is 783. The quantitative estimate of drug-likeness (QED) is 0.821. The number of hydrogen-bond donors (Lipinski definition) is 2. The molecular formula is C13H8ClN3O4. The fourth-order valence-corrected chi connectivity index (χ4v) is 2.40. The molecule has 0 saturated carbocycles. The third-order valence-corrected chi connectivity index (χ3v) is 3.46. The van der Waals surface area contributed by atoms with Crippen LogP contribution in [0.2, 0.25) is 5.02 Å². The van der Waals surface area contributed by atoms with Crippen LogP contribution < -0.4 is 5.32 Å². The van der Waals surface area contributed by atoms with Gasteiger partial charge in [0.15, 0.2) is 5.69 Å². The Hall–Kier alpha value is -2.67. The van der Waals surface area contributed by atoms with E-state index in [1.807, 2.05) is 0 Å². The molecule has 106 valence electrons. The number of aromatic carboxylic acids is 1. The Morgan fingerprint density at radius 3 is 2.71 bits per heavy atom. The molecule has 3 rings (SSSR count). The molecule has 0 bridgehead atoms. The fourth-order valence-electron chi connectivity index (χ4n) is 2.16. The maximum absolute atomic E-state index is 12.4. The number of carboxylic acids is 1. The summed E-state index contributed by atoms with van der Waals surface area (Å²) < 4.78 is 0.874. The zero-order chi connectivity index (χ0) is 15.1. The molecule has 21 heavy (non-hydrogen) atoms. The molecule has 2 N–H and O–H groups in total. The van der Waals surface area contributed by atoms with Gasteiger partial charge in [-0.3, -0.25) is 9.59 Å². The lowest BCUT2D eigenvalue weighted by atomic mass is 9.96. The molecule has 0 fully saturated rings. The Balaban J connectivity index is 2.09. The van der Waals surface area contributed by atoms with E-state index in [1.165, 1.54) is 0 Å². The van der Waals surface area contributed by atoms with E-state index in [1.54, 1.807) is 24.3 Å². The normalized spacial score (nSPS) is 17.3. The Kier molecular flexibility index (Phi) is 2.99. The van der Waals surface area contributed by atoms with Crippen molar-refractivity contribution >= 4 is 35.2 Å². The fraction of sp³-hybridized carbons (Fsp3) is 0.0769. The Morgan fingerprint density at radius 1 is 1.33 bits per heavy atom. The number of amides is 1. The molecule has 1 aliphatic rings. The van der Waals surface area contributed by atoms with Crippen molar-refractivity contribution in [2.24, 2.45) is 0 Å². The predicted molar refractivity (Wildman–Crippen MR) is 72.6 cm³/mol. The maximum atomic E-state index is 12.4. The summed E-state index contributed by atoms with van der Waals surface area (Å²) in [5.41, 5.74) is 0.0261. The van der Waals surface area contributed by atoms with E-state index in [0.717, 1.165) is 10.7 Å². The highest BCUT2D eigenvalue weighted by Crippen LogP contribution is 2.31. The topological polar surface area (TPSA) is 101 Å². The van der Waals surface area contributed by atoms with E-state index in [9.17, 15) is 14.4 Å². The lowest BCUT2D eigenvalue weighted by molar-refractivity contribution is -0.117. The van der Waals surface area contributed by atoms with Crippen LogP contribution in [0.5, 0.6) is 0 Å². The largest absolute Gasteiger partial charge is 0.476 e. The molecule has 2 aromatic rings. The highest BCUT2D eigenvalue weighted by atomic mass is 35.5. The summed E-state index contributed by atoms with van der Waals surface area (Å²) in [5, 5.41) is 15.3. The minimum absolute atomic E-state index is 0.0331. The monoisotopic (exact) mass is 305 g/mol. The number of nitrogens with zero attached hydrogens (tertiary/aromatic N) is 2. The zero-order valence-electron chi connectivity index (χ0n) is 10.4. The number of carbonyl (C=O) groups is 3. The van der Waals surface area contributed by atoms with Crippen molar-refractivity contribution in [1.82, 2.24) is 9.78 Å². The molecular weight excluding hydrogens is 298 g/mol. The van der Waals surface area contributed by atoms with Crippen LogP contribution in [0.15, 0.2) is 30.3 Å². The van der Waals surface area contributed by atoms with E-state index in [0.29, 0.717) is 5.56 Å². The lowest BCUT2D eigenvalue weighted by Crippen LogP contribution is -2.38. The Morgan fingerprint density at radius 2 is 2.05 bits per heavy atom. The van der Waals surface area contributed by atoms with Crippen molar-refractivity contribution < 1.29 is 19.5 Å². The van der Waals surface area contributed by atoms with E-state index < -0.39 is 23.7 Å². The van der Waals surface area contributed by atoms with Crippen molar-refractivity contribution in [3.8, 4) is 0 Å². The second kappa shape index (κ2) is 4.71. The average molecular weight is 306 g/mol. The van der Waals surface area contributed by atoms with Crippen LogP contribution in [0.4, 0.5) is 5.82 Å². The van der Waals surface area contributed by atoms with Crippen LogP contribution in [0, 0.1) is 0 Å². The van der Waals surface area contributed by atoms with Gasteiger partial charge in [0.2, 0.25) is 5.91 Å². The van der Waals surface area contributed by atoms with Gasteiger partial charge in [0.1, 0.15) is 11.7 Å². The standard InChI is InChI=1S/C13H8ClN3O4/c14-7-4-2-1-3-6(7)10-11(18)15-9-5-8(13(20)21)16-17(9)12(10)19/h1-5,10H,(H,15,18)(H,20,21). The summed E-state index contributed by atoms with van der Waals surface area (Å²) in [6.07, 6.45) is 0. The molecule has 1 aromatic heterocycles. The van der Waals surface area contributed by atoms with Crippen LogP contribution >= 0.6 is 11.6 Å². The van der Waals surface area contributed by atoms with Crippen LogP contribution in [-0.4, -0.2) is 32.7 Å². The molecule has 7 nitrogen and oxygen atoms in total. The van der Waals surface area contributed by atoms with Gasteiger partial charge in [-0.15, -0.1) is 0 Å². The molecule has 1 aliphatic heterocycles. The zero-order valence-corrected chi connectivity index (χ0v) is 11.2. The minimum Gasteiger partial charge on any atom is -0.476 e. The third kappa shape index (κ3) is 2.07. The van der Waals surface area contributed by atoms with Gasteiger partial charge in [-0.05, 0) is 11.6 Å². The summed E-state index contributed by atoms with van der Waals surface area (Å²) in [6, 6.07) is 7.60. The molecule has 1 atom stereocenters. The third-order valence-electron chi connectivity index (χ3n) is 3.11. The van der Waals surface area contributed by atoms with E-state index in [4.69, 9.17) is 16.7 Å². The van der Waals surface area contributed by atoms with Crippen LogP contribution in [0.3, 0.4) is 0 Å². The number of anilines is 1. The SMILES string of the molecule is O=C(O)c1cc2n(n1)C(=O)C(c1ccccc1Cl)C(=O)N2. The first-order chi connectivity index (χ1) is 9.99. The number of carbonyl (C=O) groups excluding carboxylic acids is 2. The first-order valence-corrected chi connectivity index (χ1v) is 6.29. The van der Waals surface area contributed by atoms with Gasteiger partial charge in [0.05, 0.1) is 0 Å². The highest BCUT2D eigenvalue weighted by Gasteiger charge is 2.38. The molecule has 0 spiro atoms. The smallest absolute Gasteiger partial charge is 0.356 e. The van der Waals surface area contributed by atoms with Crippen LogP contribution in [0.25, 0.3) is 0 Å². The van der Waals surface area contributed by atoms with Gasteiger partial charge in [0, 0.05) is 11.1 Å². The van der Waals surface area contributed by atoms with Gasteiger partial charge in [-0.1, -0.05) is 29.8 Å². The Labute approximate surface area is 123 Å². The number of halogens is 1. The summed E-state index contributed by atoms with van der Waals surface area (Å²) in [7, 11) is 0. The summed E-state index contributed by atoms with van der Waals surface area (Å²) in [6.45, 7) is 0. The first kappa shape index (κ1) is 13.3. The van der Waals surface area contributed by atoms with Crippen molar-refractivity contribution in [3.63, 3.8) is 0 Å². The molecule has 0 aliphatic carbocycles. The summed E-state index contributed by atoms with van der Waals surface area (Å²) in [4.78, 5) is 35.4. The van der Waals surface area contributed by atoms with E-state index >= 15 is 0 Å². The van der Waals surface area contributed by atoms with Gasteiger partial charge < -0.3 is 10.4 Å². The second-order valence-electron chi connectivity index (χ2n) is 4.41. The number of rotatable bonds is 2. The minimum atomic E-state index is -1.28. The van der Waals surface area contributed by atoms with Gasteiger partial charge >= 0.3 is 5.97 Å². The lowest BCUT2D eigenvalue weighted by Gasteiger charge is -2.22. The highest BCUT2D eigenvalue weighted by molar-refractivity contribution is 6.32. The summed E-state index contributed by atoms with van der Waals surface area (Å²) in [5.74, 6) is -3.63. The first-order valence-electron chi connectivity index (χ1n) is 5.92. The molecule has 2 heterocycles. The van der Waals surface area contributed by atoms with E-state index in [-0.39, 0.29) is 16.5 Å². The van der Waals surface area contributed by atoms with E-state index in [2.05, 4.69) is 10.4 Å². The number of aromatic nitrogens is 2. The molecule has 0 radical (unpaired) electrons. The molecule has 1 amide bonds. The van der Waals surface area contributed by atoms with Gasteiger partial charge in [-0.25, -0.2) is 4.79 Å². The van der Waals surface area contributed by atoms with Crippen LogP contribution in [0.1, 0.15) is 26.8 Å². The predicted octanol–water partition coefficient (Wildman–Crippen LogP) is 1.61. The van der Waals surface area contributed by atoms with Crippen molar-refractivity contribution in [3.05, 3.63) is 46.6 Å². The van der Waals surface area contributed by atoms with Gasteiger partial charge in [0.25, 0.3) is 5.91 Å². The average Bonchev–Trinajstić information content (AvgIpc) is 2.85. The van der Waals surface area contributed by atoms with Crippen LogP contribution in [-0.2, 0) is 4.79 Å². The molecule has 8 heteroatoms. The maximum Gasteiger partial charge on any atom is 0.356 e. The number of benzene rings is 1. The van der Waals surface area contributed by atoms with Crippen molar-refractivity contribution in [2.45, 2.75) is 5.92 Å². The van der Waals surface area contributed by atoms with Crippen molar-refractivity contribution in [2.75, 3.05) is 5.32 Å². The van der Waals surface area contributed by atoms with Gasteiger partial charge in [-0.2, -0.15) is 9.78 Å². The molecule has 1 aromatic carbocycles. The molecule has 1 unspecified atom stereocenters. The number of fused-ring (bicyclic) bond motifs is 1.